The van der Waals surface area contributed by atoms with E-state index in [-0.39, 0.29) is 0 Å². The SMILES string of the molecule is CC(CN)COCCc1ccccn1. The van der Waals surface area contributed by atoms with Crippen molar-refractivity contribution in [2.45, 2.75) is 13.3 Å². The zero-order valence-corrected chi connectivity index (χ0v) is 8.65. The predicted molar refractivity (Wildman–Crippen MR) is 57.0 cm³/mol. The van der Waals surface area contributed by atoms with Crippen molar-refractivity contribution in [2.75, 3.05) is 19.8 Å². The summed E-state index contributed by atoms with van der Waals surface area (Å²) >= 11 is 0. The maximum absolute atomic E-state index is 5.47. The molecule has 0 spiro atoms. The van der Waals surface area contributed by atoms with Gasteiger partial charge in [-0.2, -0.15) is 0 Å². The van der Waals surface area contributed by atoms with E-state index >= 15 is 0 Å². The molecule has 0 aliphatic heterocycles. The number of nitrogens with two attached hydrogens (primary N) is 1. The van der Waals surface area contributed by atoms with Crippen LogP contribution in [0, 0.1) is 5.92 Å². The first-order chi connectivity index (χ1) is 6.83. The van der Waals surface area contributed by atoms with Gasteiger partial charge >= 0.3 is 0 Å². The van der Waals surface area contributed by atoms with Gasteiger partial charge in [0.25, 0.3) is 0 Å². The van der Waals surface area contributed by atoms with Crippen LogP contribution in [0.5, 0.6) is 0 Å². The van der Waals surface area contributed by atoms with Crippen LogP contribution in [-0.4, -0.2) is 24.7 Å². The molecule has 0 fully saturated rings. The molecule has 0 amide bonds. The van der Waals surface area contributed by atoms with Crippen LogP contribution in [0.25, 0.3) is 0 Å². The minimum Gasteiger partial charge on any atom is -0.381 e. The molecule has 14 heavy (non-hydrogen) atoms. The molecular formula is C11H18N2O. The average Bonchev–Trinajstić information content (AvgIpc) is 2.25. The van der Waals surface area contributed by atoms with Crippen molar-refractivity contribution in [2.24, 2.45) is 11.7 Å². The van der Waals surface area contributed by atoms with Gasteiger partial charge in [-0.25, -0.2) is 0 Å². The molecule has 3 nitrogen and oxygen atoms in total. The summed E-state index contributed by atoms with van der Waals surface area (Å²) in [4.78, 5) is 4.21. The second-order valence-electron chi connectivity index (χ2n) is 3.49. The van der Waals surface area contributed by atoms with E-state index in [1.165, 1.54) is 0 Å². The van der Waals surface area contributed by atoms with Crippen LogP contribution in [-0.2, 0) is 11.2 Å². The van der Waals surface area contributed by atoms with Gasteiger partial charge in [-0.05, 0) is 24.6 Å². The van der Waals surface area contributed by atoms with Gasteiger partial charge in [-0.15, -0.1) is 0 Å². The van der Waals surface area contributed by atoms with E-state index in [0.29, 0.717) is 12.5 Å². The molecule has 2 N–H and O–H groups in total. The molecule has 0 saturated carbocycles. The Morgan fingerprint density at radius 1 is 1.50 bits per heavy atom. The highest BCUT2D eigenvalue weighted by molar-refractivity contribution is 5.03. The minimum absolute atomic E-state index is 0.443. The van der Waals surface area contributed by atoms with E-state index in [4.69, 9.17) is 10.5 Å². The molecule has 1 unspecified atom stereocenters. The van der Waals surface area contributed by atoms with Gasteiger partial charge < -0.3 is 10.5 Å². The van der Waals surface area contributed by atoms with Crippen LogP contribution < -0.4 is 5.73 Å². The van der Waals surface area contributed by atoms with Crippen LogP contribution in [0.15, 0.2) is 24.4 Å². The Bertz CT molecular complexity index is 238. The van der Waals surface area contributed by atoms with Crippen LogP contribution in [0.1, 0.15) is 12.6 Å². The molecule has 1 rings (SSSR count). The van der Waals surface area contributed by atoms with Crippen molar-refractivity contribution in [3.05, 3.63) is 30.1 Å². The lowest BCUT2D eigenvalue weighted by Gasteiger charge is -2.08. The first-order valence-corrected chi connectivity index (χ1v) is 5.00. The number of nitrogens with zero attached hydrogens (tertiary/aromatic N) is 1. The summed E-state index contributed by atoms with van der Waals surface area (Å²) in [6.07, 6.45) is 2.68. The van der Waals surface area contributed by atoms with Crippen molar-refractivity contribution in [1.82, 2.24) is 4.98 Å². The zero-order valence-electron chi connectivity index (χ0n) is 8.65. The number of pyridine rings is 1. The average molecular weight is 194 g/mol. The summed E-state index contributed by atoms with van der Waals surface area (Å²) in [5.41, 5.74) is 6.55. The Morgan fingerprint density at radius 2 is 2.36 bits per heavy atom. The van der Waals surface area contributed by atoms with Gasteiger partial charge in [-0.1, -0.05) is 13.0 Å². The van der Waals surface area contributed by atoms with Gasteiger partial charge in [0.2, 0.25) is 0 Å². The summed E-state index contributed by atoms with van der Waals surface area (Å²) in [5, 5.41) is 0. The Balaban J connectivity index is 2.10. The van der Waals surface area contributed by atoms with Gasteiger partial charge in [0.1, 0.15) is 0 Å². The predicted octanol–water partition coefficient (Wildman–Crippen LogP) is 1.24. The Labute approximate surface area is 85.3 Å². The highest BCUT2D eigenvalue weighted by Crippen LogP contribution is 1.97. The third-order valence-electron chi connectivity index (χ3n) is 2.03. The normalized spacial score (nSPS) is 12.7. The summed E-state index contributed by atoms with van der Waals surface area (Å²) in [5.74, 6) is 0.443. The fourth-order valence-corrected chi connectivity index (χ4v) is 1.08. The van der Waals surface area contributed by atoms with E-state index in [0.717, 1.165) is 25.3 Å². The van der Waals surface area contributed by atoms with Crippen LogP contribution >= 0.6 is 0 Å². The molecule has 0 radical (unpaired) electrons. The van der Waals surface area contributed by atoms with Crippen LogP contribution in [0.3, 0.4) is 0 Å². The third kappa shape index (κ3) is 4.35. The lowest BCUT2D eigenvalue weighted by molar-refractivity contribution is 0.109. The Hall–Kier alpha value is -0.930. The highest BCUT2D eigenvalue weighted by Gasteiger charge is 1.98. The second kappa shape index (κ2) is 6.51. The third-order valence-corrected chi connectivity index (χ3v) is 2.03. The van der Waals surface area contributed by atoms with E-state index in [2.05, 4.69) is 11.9 Å². The molecule has 0 aromatic carbocycles. The molecule has 0 bridgehead atoms. The minimum atomic E-state index is 0.443. The maximum atomic E-state index is 5.47. The van der Waals surface area contributed by atoms with Crippen molar-refractivity contribution < 1.29 is 4.74 Å². The van der Waals surface area contributed by atoms with Gasteiger partial charge in [0, 0.05) is 18.3 Å². The molecule has 0 aliphatic rings. The molecule has 0 aliphatic carbocycles. The number of ether oxygens (including phenoxy) is 1. The quantitative estimate of drug-likeness (QED) is 0.693. The lowest BCUT2D eigenvalue weighted by Crippen LogP contribution is -2.17. The fourth-order valence-electron chi connectivity index (χ4n) is 1.08. The second-order valence-corrected chi connectivity index (χ2v) is 3.49. The molecule has 78 valence electrons. The highest BCUT2D eigenvalue weighted by atomic mass is 16.5. The summed E-state index contributed by atoms with van der Waals surface area (Å²) in [6, 6.07) is 5.92. The standard InChI is InChI=1S/C11H18N2O/c1-10(8-12)9-14-7-5-11-4-2-3-6-13-11/h2-4,6,10H,5,7-9,12H2,1H3. The van der Waals surface area contributed by atoms with Crippen molar-refractivity contribution in [1.29, 1.82) is 0 Å². The molecule has 1 heterocycles. The molecule has 3 heteroatoms. The van der Waals surface area contributed by atoms with Gasteiger partial charge in [-0.3, -0.25) is 4.98 Å². The van der Waals surface area contributed by atoms with Gasteiger partial charge in [0.15, 0.2) is 0 Å². The van der Waals surface area contributed by atoms with Crippen molar-refractivity contribution in [3.63, 3.8) is 0 Å². The van der Waals surface area contributed by atoms with E-state index in [1.807, 2.05) is 18.2 Å². The molecule has 1 aromatic rings. The molecule has 1 aromatic heterocycles. The van der Waals surface area contributed by atoms with E-state index in [1.54, 1.807) is 6.20 Å². The van der Waals surface area contributed by atoms with Crippen molar-refractivity contribution >= 4 is 0 Å². The smallest absolute Gasteiger partial charge is 0.0521 e. The Kier molecular flexibility index (Phi) is 5.19. The number of hydrogen-bond donors (Lipinski definition) is 1. The first kappa shape index (κ1) is 11.1. The maximum Gasteiger partial charge on any atom is 0.0521 e. The summed E-state index contributed by atoms with van der Waals surface area (Å²) in [7, 11) is 0. The number of aromatic nitrogens is 1. The first-order valence-electron chi connectivity index (χ1n) is 5.00. The fraction of sp³-hybridized carbons (Fsp3) is 0.545. The molecular weight excluding hydrogens is 176 g/mol. The van der Waals surface area contributed by atoms with Crippen LogP contribution in [0.2, 0.25) is 0 Å². The number of hydrogen-bond acceptors (Lipinski definition) is 3. The lowest BCUT2D eigenvalue weighted by atomic mass is 10.2. The largest absolute Gasteiger partial charge is 0.381 e. The monoisotopic (exact) mass is 194 g/mol. The zero-order chi connectivity index (χ0) is 10.2. The summed E-state index contributed by atoms with van der Waals surface area (Å²) in [6.45, 7) is 4.23. The van der Waals surface area contributed by atoms with E-state index < -0.39 is 0 Å². The molecule has 0 saturated heterocycles. The van der Waals surface area contributed by atoms with Crippen molar-refractivity contribution in [3.8, 4) is 0 Å². The van der Waals surface area contributed by atoms with E-state index in [9.17, 15) is 0 Å². The Morgan fingerprint density at radius 3 is 3.00 bits per heavy atom. The van der Waals surface area contributed by atoms with Gasteiger partial charge in [0.05, 0.1) is 13.2 Å². The number of rotatable bonds is 6. The molecule has 1 atom stereocenters. The topological polar surface area (TPSA) is 48.1 Å². The summed E-state index contributed by atoms with van der Waals surface area (Å²) < 4.78 is 5.47. The van der Waals surface area contributed by atoms with Crippen LogP contribution in [0.4, 0.5) is 0 Å².